The van der Waals surface area contributed by atoms with Gasteiger partial charge in [-0.05, 0) is 25.0 Å². The van der Waals surface area contributed by atoms with Crippen LogP contribution in [-0.2, 0) is 9.53 Å². The van der Waals surface area contributed by atoms with Crippen molar-refractivity contribution >= 4 is 17.8 Å². The molecule has 0 aliphatic carbocycles. The van der Waals surface area contributed by atoms with Gasteiger partial charge in [0, 0.05) is 45.4 Å². The Bertz CT molecular complexity index is 606. The lowest BCUT2D eigenvalue weighted by molar-refractivity contribution is -0.130. The van der Waals surface area contributed by atoms with Gasteiger partial charge in [0.1, 0.15) is 11.9 Å². The summed E-state index contributed by atoms with van der Waals surface area (Å²) in [5, 5.41) is 0. The molecule has 3 fully saturated rings. The number of carbonyl (C=O) groups excluding carboxylic acids is 2. The van der Waals surface area contributed by atoms with Crippen LogP contribution in [0.15, 0.2) is 24.4 Å². The lowest BCUT2D eigenvalue weighted by Crippen LogP contribution is -2.49. The maximum absolute atomic E-state index is 12.7. The van der Waals surface area contributed by atoms with Crippen molar-refractivity contribution in [1.82, 2.24) is 14.8 Å². The molecule has 0 unspecified atom stereocenters. The molecule has 128 valence electrons. The standard InChI is InChI=1S/C17H22N4O3/c1-24-13-10-14-16(22)21(17(23)20(14)11-13)12-5-8-19(9-6-12)15-4-2-3-7-18-15/h2-4,7,12-14H,5-6,8-11H2,1H3/t13-,14-/m0/s1. The number of rotatable bonds is 3. The lowest BCUT2D eigenvalue weighted by Gasteiger charge is -2.36. The summed E-state index contributed by atoms with van der Waals surface area (Å²) in [6.45, 7) is 2.14. The highest BCUT2D eigenvalue weighted by molar-refractivity contribution is 6.05. The third-order valence-electron chi connectivity index (χ3n) is 5.37. The summed E-state index contributed by atoms with van der Waals surface area (Å²) < 4.78 is 5.31. The molecular formula is C17H22N4O3. The fourth-order valence-corrected chi connectivity index (χ4v) is 4.04. The zero-order chi connectivity index (χ0) is 16.7. The molecule has 4 heterocycles. The number of aromatic nitrogens is 1. The molecule has 24 heavy (non-hydrogen) atoms. The van der Waals surface area contributed by atoms with Gasteiger partial charge in [0.2, 0.25) is 0 Å². The van der Waals surface area contributed by atoms with Gasteiger partial charge in [-0.15, -0.1) is 0 Å². The van der Waals surface area contributed by atoms with Gasteiger partial charge in [0.05, 0.1) is 6.10 Å². The van der Waals surface area contributed by atoms with Crippen molar-refractivity contribution in [3.8, 4) is 0 Å². The number of hydrogen-bond donors (Lipinski definition) is 0. The summed E-state index contributed by atoms with van der Waals surface area (Å²) in [7, 11) is 1.63. The second-order valence-corrected chi connectivity index (χ2v) is 6.66. The molecule has 7 heteroatoms. The molecule has 0 bridgehead atoms. The molecule has 0 aromatic carbocycles. The molecule has 0 radical (unpaired) electrons. The number of pyridine rings is 1. The first-order valence-corrected chi connectivity index (χ1v) is 8.51. The maximum Gasteiger partial charge on any atom is 0.327 e. The zero-order valence-corrected chi connectivity index (χ0v) is 13.8. The van der Waals surface area contributed by atoms with Crippen LogP contribution in [-0.4, -0.2) is 71.7 Å². The van der Waals surface area contributed by atoms with Crippen LogP contribution >= 0.6 is 0 Å². The Morgan fingerprint density at radius 2 is 2.00 bits per heavy atom. The quantitative estimate of drug-likeness (QED) is 0.777. The van der Waals surface area contributed by atoms with Crippen molar-refractivity contribution < 1.29 is 14.3 Å². The van der Waals surface area contributed by atoms with Crippen molar-refractivity contribution in [2.75, 3.05) is 31.6 Å². The first-order valence-electron chi connectivity index (χ1n) is 8.51. The lowest BCUT2D eigenvalue weighted by atomic mass is 10.0. The second-order valence-electron chi connectivity index (χ2n) is 6.66. The number of hydrogen-bond acceptors (Lipinski definition) is 5. The van der Waals surface area contributed by atoms with Crippen LogP contribution < -0.4 is 4.90 Å². The molecule has 1 aromatic rings. The van der Waals surface area contributed by atoms with Gasteiger partial charge in [0.25, 0.3) is 5.91 Å². The van der Waals surface area contributed by atoms with E-state index in [9.17, 15) is 9.59 Å². The molecule has 0 N–H and O–H groups in total. The number of nitrogens with zero attached hydrogens (tertiary/aromatic N) is 4. The maximum atomic E-state index is 12.7. The molecule has 3 amide bonds. The summed E-state index contributed by atoms with van der Waals surface area (Å²) in [5.74, 6) is 0.911. The van der Waals surface area contributed by atoms with Crippen LogP contribution in [0.4, 0.5) is 10.6 Å². The average molecular weight is 330 g/mol. The van der Waals surface area contributed by atoms with Gasteiger partial charge < -0.3 is 14.5 Å². The number of anilines is 1. The van der Waals surface area contributed by atoms with E-state index in [1.165, 1.54) is 4.90 Å². The van der Waals surface area contributed by atoms with Crippen LogP contribution in [0.25, 0.3) is 0 Å². The van der Waals surface area contributed by atoms with Gasteiger partial charge in [-0.1, -0.05) is 6.07 Å². The molecule has 2 atom stereocenters. The Kier molecular flexibility index (Phi) is 3.88. The Morgan fingerprint density at radius 1 is 1.21 bits per heavy atom. The first-order chi connectivity index (χ1) is 11.7. The van der Waals surface area contributed by atoms with Crippen molar-refractivity contribution in [3.05, 3.63) is 24.4 Å². The number of amides is 3. The Balaban J connectivity index is 1.42. The molecule has 0 spiro atoms. The van der Waals surface area contributed by atoms with E-state index in [1.807, 2.05) is 18.2 Å². The van der Waals surface area contributed by atoms with Crippen LogP contribution in [0.3, 0.4) is 0 Å². The first kappa shape index (κ1) is 15.4. The monoisotopic (exact) mass is 330 g/mol. The predicted molar refractivity (Wildman–Crippen MR) is 87.6 cm³/mol. The Hall–Kier alpha value is -2.15. The van der Waals surface area contributed by atoms with E-state index in [1.54, 1.807) is 18.2 Å². The minimum absolute atomic E-state index is 0.00319. The molecule has 4 rings (SSSR count). The van der Waals surface area contributed by atoms with Gasteiger partial charge in [-0.25, -0.2) is 9.78 Å². The van der Waals surface area contributed by atoms with Gasteiger partial charge in [-0.3, -0.25) is 9.69 Å². The minimum atomic E-state index is -0.323. The van der Waals surface area contributed by atoms with Gasteiger partial charge in [-0.2, -0.15) is 0 Å². The summed E-state index contributed by atoms with van der Waals surface area (Å²) in [4.78, 5) is 35.1. The largest absolute Gasteiger partial charge is 0.380 e. The minimum Gasteiger partial charge on any atom is -0.380 e. The summed E-state index contributed by atoms with van der Waals surface area (Å²) >= 11 is 0. The van der Waals surface area contributed by atoms with Crippen molar-refractivity contribution in [2.45, 2.75) is 37.5 Å². The topological polar surface area (TPSA) is 66.0 Å². The molecule has 0 saturated carbocycles. The highest BCUT2D eigenvalue weighted by Gasteiger charge is 2.52. The van der Waals surface area contributed by atoms with Crippen LogP contribution in [0.2, 0.25) is 0 Å². The molecule has 7 nitrogen and oxygen atoms in total. The predicted octanol–water partition coefficient (Wildman–Crippen LogP) is 1.10. The van der Waals surface area contributed by atoms with E-state index in [0.717, 1.165) is 31.7 Å². The van der Waals surface area contributed by atoms with E-state index < -0.39 is 0 Å². The fraction of sp³-hybridized carbons (Fsp3) is 0.588. The SMILES string of the molecule is CO[C@H]1C[C@H]2C(=O)N(C3CCN(c4ccccn4)CC3)C(=O)N2C1. The summed E-state index contributed by atoms with van der Waals surface area (Å²) in [5.41, 5.74) is 0. The number of imide groups is 1. The van der Waals surface area contributed by atoms with Crippen LogP contribution in [0.5, 0.6) is 0 Å². The van der Waals surface area contributed by atoms with Crippen molar-refractivity contribution in [3.63, 3.8) is 0 Å². The highest BCUT2D eigenvalue weighted by Crippen LogP contribution is 2.32. The number of carbonyl (C=O) groups is 2. The van der Waals surface area contributed by atoms with Crippen LogP contribution in [0.1, 0.15) is 19.3 Å². The Morgan fingerprint density at radius 3 is 2.62 bits per heavy atom. The Labute approximate surface area is 141 Å². The summed E-state index contributed by atoms with van der Waals surface area (Å²) in [6.07, 6.45) is 3.97. The number of urea groups is 1. The van der Waals surface area contributed by atoms with Crippen LogP contribution in [0, 0.1) is 0 Å². The molecule has 3 aliphatic heterocycles. The van der Waals surface area contributed by atoms with Crippen molar-refractivity contribution in [1.29, 1.82) is 0 Å². The number of fused-ring (bicyclic) bond motifs is 1. The second kappa shape index (κ2) is 6.05. The third-order valence-corrected chi connectivity index (χ3v) is 5.37. The normalized spacial score (nSPS) is 28.0. The molecular weight excluding hydrogens is 308 g/mol. The highest BCUT2D eigenvalue weighted by atomic mass is 16.5. The average Bonchev–Trinajstić information content (AvgIpc) is 3.16. The zero-order valence-electron chi connectivity index (χ0n) is 13.8. The van der Waals surface area contributed by atoms with Crippen molar-refractivity contribution in [2.24, 2.45) is 0 Å². The number of methoxy groups -OCH3 is 1. The van der Waals surface area contributed by atoms with E-state index >= 15 is 0 Å². The van der Waals surface area contributed by atoms with E-state index in [2.05, 4.69) is 9.88 Å². The smallest absolute Gasteiger partial charge is 0.327 e. The number of piperidine rings is 1. The van der Waals surface area contributed by atoms with E-state index in [4.69, 9.17) is 4.74 Å². The van der Waals surface area contributed by atoms with Gasteiger partial charge in [0.15, 0.2) is 0 Å². The van der Waals surface area contributed by atoms with E-state index in [0.29, 0.717) is 13.0 Å². The summed E-state index contributed by atoms with van der Waals surface area (Å²) in [6, 6.07) is 5.41. The third kappa shape index (κ3) is 2.43. The fourth-order valence-electron chi connectivity index (χ4n) is 4.04. The number of ether oxygens (including phenoxy) is 1. The molecule has 3 aliphatic rings. The van der Waals surface area contributed by atoms with Gasteiger partial charge >= 0.3 is 6.03 Å². The van der Waals surface area contributed by atoms with E-state index in [-0.39, 0.29) is 30.1 Å². The molecule has 3 saturated heterocycles. The molecule has 1 aromatic heterocycles.